The number of aryl methyl sites for hydroxylation is 1. The molecule has 0 saturated carbocycles. The Hall–Kier alpha value is -6.94. The number of thiazole rings is 1. The van der Waals surface area contributed by atoms with Gasteiger partial charge in [-0.15, -0.1) is 11.3 Å². The first-order valence-corrected chi connectivity index (χ1v) is 22.9. The monoisotopic (exact) mass is 912 g/mol. The summed E-state index contributed by atoms with van der Waals surface area (Å²) < 4.78 is 12.0. The minimum Gasteiger partial charge on any atom is -0.508 e. The molecule has 3 aromatic carbocycles. The van der Waals surface area contributed by atoms with Crippen molar-refractivity contribution in [1.29, 1.82) is 10.5 Å². The molecule has 5 N–H and O–H groups in total. The maximum atomic E-state index is 14.1. The average Bonchev–Trinajstić information content (AvgIpc) is 3.91. The van der Waals surface area contributed by atoms with Crippen LogP contribution in [-0.2, 0) is 14.4 Å². The van der Waals surface area contributed by atoms with Crippen LogP contribution in [-0.4, -0.2) is 74.3 Å². The van der Waals surface area contributed by atoms with Crippen LogP contribution in [0.5, 0.6) is 23.0 Å². The van der Waals surface area contributed by atoms with Crippen molar-refractivity contribution in [2.45, 2.75) is 104 Å². The van der Waals surface area contributed by atoms with E-state index in [-0.39, 0.29) is 54.3 Å². The number of allylic oxidation sites excluding steroid dienone is 4. The zero-order valence-corrected chi connectivity index (χ0v) is 38.7. The maximum absolute atomic E-state index is 14.1. The number of fused-ring (bicyclic) bond motifs is 1. The van der Waals surface area contributed by atoms with E-state index in [9.17, 15) is 40.2 Å². The SMILES string of the molecule is Cc1ncsc1-c1ccc([C@H](C)NC(=O)[C@@H]2C[C@@H](O)CN2C(=O)[C@@H](NC(=O)CCCCCCCOc2cc(O)ccc2/C=C/C2=CC(=C(C#N)C#N)c3cc(O)ccc3O2)C(C)(C)C)cc1. The first-order chi connectivity index (χ1) is 31.6. The lowest BCUT2D eigenvalue weighted by atomic mass is 9.85. The van der Waals surface area contributed by atoms with E-state index in [1.54, 1.807) is 41.7 Å². The number of nitrogens with one attached hydrogen (secondary N) is 2. The summed E-state index contributed by atoms with van der Waals surface area (Å²) >= 11 is 1.57. The van der Waals surface area contributed by atoms with Crippen LogP contribution >= 0.6 is 11.3 Å². The third-order valence-corrected chi connectivity index (χ3v) is 12.5. The minimum atomic E-state index is -0.909. The zero-order valence-electron chi connectivity index (χ0n) is 37.8. The summed E-state index contributed by atoms with van der Waals surface area (Å²) in [6.45, 7) is 9.80. The fourth-order valence-electron chi connectivity index (χ4n) is 7.93. The van der Waals surface area contributed by atoms with E-state index in [0.717, 1.165) is 47.4 Å². The number of phenolic OH excluding ortho intramolecular Hbond substituents is 2. The number of aromatic hydroxyl groups is 2. The number of aromatic nitrogens is 1. The number of benzene rings is 3. The second-order valence-corrected chi connectivity index (χ2v) is 18.5. The Kier molecular flexibility index (Phi) is 16.0. The Morgan fingerprint density at radius 2 is 1.67 bits per heavy atom. The van der Waals surface area contributed by atoms with Gasteiger partial charge in [0.15, 0.2) is 0 Å². The number of hydrogen-bond acceptors (Lipinski definition) is 12. The molecule has 3 amide bonds. The molecule has 3 heterocycles. The number of unbranched alkanes of at least 4 members (excludes halogenated alkanes) is 4. The van der Waals surface area contributed by atoms with Crippen molar-refractivity contribution < 1.29 is 39.2 Å². The number of ether oxygens (including phenoxy) is 2. The van der Waals surface area contributed by atoms with Crippen LogP contribution in [0.4, 0.5) is 0 Å². The molecule has 0 spiro atoms. The summed E-state index contributed by atoms with van der Waals surface area (Å²) in [4.78, 5) is 47.8. The van der Waals surface area contributed by atoms with E-state index in [4.69, 9.17) is 9.47 Å². The van der Waals surface area contributed by atoms with Crippen molar-refractivity contribution in [3.05, 3.63) is 112 Å². The number of carbonyl (C=O) groups excluding carboxylic acids is 3. The van der Waals surface area contributed by atoms with Crippen LogP contribution in [0.15, 0.2) is 89.7 Å². The van der Waals surface area contributed by atoms with Gasteiger partial charge in [-0.25, -0.2) is 4.98 Å². The van der Waals surface area contributed by atoms with Crippen LogP contribution in [0.1, 0.15) is 101 Å². The fraction of sp³-hybridized carbons (Fsp3) is 0.373. The van der Waals surface area contributed by atoms with E-state index in [0.29, 0.717) is 47.0 Å². The van der Waals surface area contributed by atoms with Gasteiger partial charge < -0.3 is 40.3 Å². The van der Waals surface area contributed by atoms with Crippen molar-refractivity contribution in [3.63, 3.8) is 0 Å². The second-order valence-electron chi connectivity index (χ2n) is 17.6. The lowest BCUT2D eigenvalue weighted by Crippen LogP contribution is -2.57. The summed E-state index contributed by atoms with van der Waals surface area (Å²) in [7, 11) is 0. The highest BCUT2D eigenvalue weighted by atomic mass is 32.1. The molecule has 0 unspecified atom stereocenters. The van der Waals surface area contributed by atoms with Crippen molar-refractivity contribution in [3.8, 4) is 45.6 Å². The van der Waals surface area contributed by atoms with Crippen molar-refractivity contribution in [2.24, 2.45) is 5.41 Å². The van der Waals surface area contributed by atoms with E-state index in [1.165, 1.54) is 29.2 Å². The number of amides is 3. The highest BCUT2D eigenvalue weighted by Crippen LogP contribution is 2.38. The molecule has 66 heavy (non-hydrogen) atoms. The number of likely N-dealkylation sites (tertiary alicyclic amines) is 1. The molecule has 15 heteroatoms. The molecule has 0 bridgehead atoms. The Morgan fingerprint density at radius 1 is 0.970 bits per heavy atom. The number of carbonyl (C=O) groups is 3. The van der Waals surface area contributed by atoms with Gasteiger partial charge >= 0.3 is 0 Å². The third-order valence-electron chi connectivity index (χ3n) is 11.6. The lowest BCUT2D eigenvalue weighted by molar-refractivity contribution is -0.144. The summed E-state index contributed by atoms with van der Waals surface area (Å²) in [6.07, 6.45) is 8.19. The molecule has 6 rings (SSSR count). The minimum absolute atomic E-state index is 0.00642. The normalized spacial score (nSPS) is 16.6. The Morgan fingerprint density at radius 3 is 2.36 bits per heavy atom. The fourth-order valence-corrected chi connectivity index (χ4v) is 8.75. The average molecular weight is 913 g/mol. The van der Waals surface area contributed by atoms with Gasteiger partial charge in [-0.2, -0.15) is 10.5 Å². The van der Waals surface area contributed by atoms with Gasteiger partial charge in [0.25, 0.3) is 0 Å². The molecular weight excluding hydrogens is 857 g/mol. The second kappa shape index (κ2) is 21.8. The zero-order chi connectivity index (χ0) is 47.5. The number of nitrogens with zero attached hydrogens (tertiary/aromatic N) is 4. The van der Waals surface area contributed by atoms with Gasteiger partial charge in [0, 0.05) is 42.2 Å². The number of phenols is 2. The summed E-state index contributed by atoms with van der Waals surface area (Å²) in [6, 6.07) is 18.8. The number of aliphatic hydroxyl groups is 1. The lowest BCUT2D eigenvalue weighted by Gasteiger charge is -2.35. The van der Waals surface area contributed by atoms with Gasteiger partial charge in [0.1, 0.15) is 58.6 Å². The molecule has 1 saturated heterocycles. The number of hydrogen-bond donors (Lipinski definition) is 5. The molecule has 344 valence electrons. The predicted octanol–water partition coefficient (Wildman–Crippen LogP) is 8.41. The van der Waals surface area contributed by atoms with Crippen molar-refractivity contribution in [1.82, 2.24) is 20.5 Å². The van der Waals surface area contributed by atoms with Crippen LogP contribution in [0.2, 0.25) is 0 Å². The van der Waals surface area contributed by atoms with Crippen LogP contribution < -0.4 is 20.1 Å². The Labute approximate surface area is 389 Å². The van der Waals surface area contributed by atoms with Crippen LogP contribution in [0.25, 0.3) is 22.1 Å². The van der Waals surface area contributed by atoms with Crippen LogP contribution in [0.3, 0.4) is 0 Å². The highest BCUT2D eigenvalue weighted by Gasteiger charge is 2.44. The molecule has 2 aliphatic rings. The van der Waals surface area contributed by atoms with E-state index in [1.807, 2.05) is 76.5 Å². The quantitative estimate of drug-likeness (QED) is 0.0500. The van der Waals surface area contributed by atoms with Crippen molar-refractivity contribution >= 4 is 40.7 Å². The molecule has 2 aliphatic heterocycles. The first-order valence-electron chi connectivity index (χ1n) is 22.1. The van der Waals surface area contributed by atoms with E-state index in [2.05, 4.69) is 15.6 Å². The van der Waals surface area contributed by atoms with E-state index < -0.39 is 29.5 Å². The largest absolute Gasteiger partial charge is 0.508 e. The maximum Gasteiger partial charge on any atom is 0.246 e. The number of aliphatic hydroxyl groups excluding tert-OH is 1. The van der Waals surface area contributed by atoms with Crippen molar-refractivity contribution in [2.75, 3.05) is 13.2 Å². The first kappa shape index (κ1) is 48.5. The van der Waals surface area contributed by atoms with Gasteiger partial charge in [-0.05, 0) is 91.8 Å². The third kappa shape index (κ3) is 12.2. The Bertz CT molecular complexity index is 2580. The molecule has 4 aromatic rings. The standard InChI is InChI=1S/C51H56N6O8S/c1-31(33-12-14-35(15-13-33)47-32(2)54-30-66-47)55-49(62)43-24-39(60)29-57(43)50(63)48(51(3,4)5)56-46(61)11-9-7-6-8-10-22-64-45-25-38(59)18-16-34(45)17-20-40-26-41(36(27-52)28-53)42-23-37(58)19-21-44(42)65-40/h12-21,23,25-26,30-31,39,43,48,58-60H,6-11,22,24,29H2,1-5H3,(H,55,62)(H,56,61)/b20-17+/t31-,39+,43-,48+/m0/s1. The predicted molar refractivity (Wildman–Crippen MR) is 252 cm³/mol. The summed E-state index contributed by atoms with van der Waals surface area (Å²) in [5, 5.41) is 55.9. The molecule has 0 radical (unpaired) electrons. The molecule has 1 fully saturated rings. The highest BCUT2D eigenvalue weighted by molar-refractivity contribution is 7.13. The van der Waals surface area contributed by atoms with Gasteiger partial charge in [-0.1, -0.05) is 64.3 Å². The van der Waals surface area contributed by atoms with Gasteiger partial charge in [0.2, 0.25) is 17.7 Å². The van der Waals surface area contributed by atoms with Gasteiger partial charge in [-0.3, -0.25) is 14.4 Å². The molecule has 14 nitrogen and oxygen atoms in total. The smallest absolute Gasteiger partial charge is 0.246 e. The number of nitriles is 2. The topological polar surface area (TPSA) is 218 Å². The van der Waals surface area contributed by atoms with Crippen LogP contribution in [0, 0.1) is 35.0 Å². The molecule has 0 aliphatic carbocycles. The molecule has 1 aromatic heterocycles. The Balaban J connectivity index is 0.953. The summed E-state index contributed by atoms with van der Waals surface area (Å²) in [5.41, 5.74) is 5.33. The number of β-amino-alcohol motifs (C(OH)–C–C–N with tert-alkyl or cyclic N) is 1. The van der Waals surface area contributed by atoms with Gasteiger partial charge in [0.05, 0.1) is 34.8 Å². The molecule has 4 atom stereocenters. The van der Waals surface area contributed by atoms with E-state index >= 15 is 0 Å². The molecular formula is C51H56N6O8S. The number of rotatable bonds is 17. The summed E-state index contributed by atoms with van der Waals surface area (Å²) in [5.74, 6) is 0.155.